The summed E-state index contributed by atoms with van der Waals surface area (Å²) in [5.74, 6) is 0. The first kappa shape index (κ1) is 20.6. The zero-order valence-electron chi connectivity index (χ0n) is 14.8. The van der Waals surface area contributed by atoms with E-state index in [-0.39, 0.29) is 14.9 Å². The lowest BCUT2D eigenvalue weighted by atomic mass is 9.94. The molecule has 2 heterocycles. The Balaban J connectivity index is 2.08. The van der Waals surface area contributed by atoms with Crippen LogP contribution in [0.2, 0.25) is 0 Å². The van der Waals surface area contributed by atoms with Gasteiger partial charge in [0.05, 0.1) is 16.5 Å². The van der Waals surface area contributed by atoms with Crippen molar-refractivity contribution in [3.05, 3.63) is 51.6 Å². The lowest BCUT2D eigenvalue weighted by Gasteiger charge is -2.36. The summed E-state index contributed by atoms with van der Waals surface area (Å²) in [5, 5.41) is 11.6. The van der Waals surface area contributed by atoms with Gasteiger partial charge in [-0.2, -0.15) is 13.2 Å². The summed E-state index contributed by atoms with van der Waals surface area (Å²) < 4.78 is 62.8. The number of thiophene rings is 1. The van der Waals surface area contributed by atoms with Crippen molar-refractivity contribution in [3.8, 4) is 0 Å². The zero-order valence-corrected chi connectivity index (χ0v) is 16.4. The van der Waals surface area contributed by atoms with Gasteiger partial charge in [-0.3, -0.25) is 10.1 Å². The molecule has 1 atom stereocenters. The number of rotatable bonds is 4. The number of halogens is 3. The maximum absolute atomic E-state index is 13.1. The number of sulfone groups is 1. The lowest BCUT2D eigenvalue weighted by molar-refractivity contribution is -0.383. The Labute approximate surface area is 163 Å². The first-order valence-corrected chi connectivity index (χ1v) is 11.1. The molecule has 0 spiro atoms. The van der Waals surface area contributed by atoms with Crippen molar-refractivity contribution in [2.75, 3.05) is 17.7 Å². The Morgan fingerprint density at radius 3 is 2.57 bits per heavy atom. The molecule has 11 heteroatoms. The van der Waals surface area contributed by atoms with Crippen molar-refractivity contribution in [2.45, 2.75) is 35.7 Å². The van der Waals surface area contributed by atoms with Gasteiger partial charge in [-0.15, -0.1) is 0 Å². The van der Waals surface area contributed by atoms with Crippen LogP contribution in [0, 0.1) is 10.1 Å². The number of nitro groups is 1. The highest BCUT2D eigenvalue weighted by Crippen LogP contribution is 2.46. The number of hydrogen-bond donors (Lipinski definition) is 0. The van der Waals surface area contributed by atoms with Crippen molar-refractivity contribution in [3.63, 3.8) is 0 Å². The number of nitrogens with zero attached hydrogens (tertiary/aromatic N) is 2. The largest absolute Gasteiger partial charge is 0.416 e. The average molecular weight is 434 g/mol. The highest BCUT2D eigenvalue weighted by Gasteiger charge is 2.35. The lowest BCUT2D eigenvalue weighted by Crippen LogP contribution is -2.33. The summed E-state index contributed by atoms with van der Waals surface area (Å²) in [6.07, 6.45) is -1.54. The fourth-order valence-electron chi connectivity index (χ4n) is 3.31. The number of anilines is 1. The second kappa shape index (κ2) is 7.36. The topological polar surface area (TPSA) is 80.5 Å². The molecule has 1 aromatic carbocycles. The van der Waals surface area contributed by atoms with Crippen LogP contribution in [0.15, 0.2) is 34.5 Å². The number of hydrogen-bond acceptors (Lipinski definition) is 6. The van der Waals surface area contributed by atoms with Gasteiger partial charge in [0.15, 0.2) is 14.8 Å². The van der Waals surface area contributed by atoms with Crippen molar-refractivity contribution >= 4 is 31.9 Å². The summed E-state index contributed by atoms with van der Waals surface area (Å²) in [7, 11) is -3.65. The first-order valence-electron chi connectivity index (χ1n) is 8.40. The van der Waals surface area contributed by atoms with Crippen LogP contribution in [0.5, 0.6) is 0 Å². The average Bonchev–Trinajstić information content (AvgIpc) is 3.07. The van der Waals surface area contributed by atoms with E-state index in [1.807, 2.05) is 0 Å². The Kier molecular flexibility index (Phi) is 5.41. The number of alkyl halides is 3. The molecule has 1 aliphatic heterocycles. The molecule has 0 radical (unpaired) electrons. The molecule has 2 aromatic rings. The highest BCUT2D eigenvalue weighted by molar-refractivity contribution is 7.92. The van der Waals surface area contributed by atoms with Gasteiger partial charge >= 0.3 is 11.9 Å². The highest BCUT2D eigenvalue weighted by atomic mass is 32.2. The van der Waals surface area contributed by atoms with Gasteiger partial charge in [0, 0.05) is 18.9 Å². The van der Waals surface area contributed by atoms with E-state index < -0.39 is 32.5 Å². The predicted molar refractivity (Wildman–Crippen MR) is 99.5 cm³/mol. The molecule has 0 N–H and O–H groups in total. The zero-order chi connectivity index (χ0) is 20.7. The van der Waals surface area contributed by atoms with Crippen LogP contribution in [0.1, 0.15) is 36.4 Å². The minimum atomic E-state index is -4.49. The molecular weight excluding hydrogens is 417 g/mol. The van der Waals surface area contributed by atoms with Crippen LogP contribution in [-0.2, 0) is 16.0 Å². The van der Waals surface area contributed by atoms with Crippen LogP contribution in [0.25, 0.3) is 0 Å². The second-order valence-corrected chi connectivity index (χ2v) is 9.89. The van der Waals surface area contributed by atoms with Crippen LogP contribution < -0.4 is 4.90 Å². The normalized spacial score (nSPS) is 18.3. The minimum Gasteiger partial charge on any atom is -0.351 e. The van der Waals surface area contributed by atoms with Gasteiger partial charge in [0.25, 0.3) is 0 Å². The number of piperidine rings is 1. The Morgan fingerprint density at radius 2 is 1.96 bits per heavy atom. The molecule has 1 unspecified atom stereocenters. The third-order valence-electron chi connectivity index (χ3n) is 4.60. The third-order valence-corrected chi connectivity index (χ3v) is 7.56. The van der Waals surface area contributed by atoms with E-state index in [0.717, 1.165) is 42.2 Å². The molecule has 152 valence electrons. The SMILES string of the molecule is CS(=O)(=O)c1cc([N+](=O)[O-])c(N2CCCCC2c2cccc(C(F)(F)F)c2)s1. The predicted octanol–water partition coefficient (Wildman–Crippen LogP) is 4.81. The second-order valence-electron chi connectivity index (χ2n) is 6.61. The van der Waals surface area contributed by atoms with Crippen LogP contribution in [0.3, 0.4) is 0 Å². The summed E-state index contributed by atoms with van der Waals surface area (Å²) in [4.78, 5) is 12.5. The molecule has 1 aromatic heterocycles. The maximum Gasteiger partial charge on any atom is 0.416 e. The van der Waals surface area contributed by atoms with Gasteiger partial charge in [0.2, 0.25) is 0 Å². The Hall–Kier alpha value is -2.14. The molecule has 0 bridgehead atoms. The molecule has 0 saturated carbocycles. The van der Waals surface area contributed by atoms with Crippen LogP contribution >= 0.6 is 11.3 Å². The van der Waals surface area contributed by atoms with E-state index in [2.05, 4.69) is 0 Å². The summed E-state index contributed by atoms with van der Waals surface area (Å²) >= 11 is 0.784. The van der Waals surface area contributed by atoms with Gasteiger partial charge < -0.3 is 4.90 Å². The summed E-state index contributed by atoms with van der Waals surface area (Å²) in [6, 6.07) is 5.44. The van der Waals surface area contributed by atoms with Gasteiger partial charge in [0.1, 0.15) is 4.21 Å². The van der Waals surface area contributed by atoms with Crippen LogP contribution in [-0.4, -0.2) is 26.1 Å². The molecule has 3 rings (SSSR count). The van der Waals surface area contributed by atoms with E-state index in [1.165, 1.54) is 6.07 Å². The van der Waals surface area contributed by atoms with Gasteiger partial charge in [-0.1, -0.05) is 23.5 Å². The van der Waals surface area contributed by atoms with E-state index in [1.54, 1.807) is 11.0 Å². The van der Waals surface area contributed by atoms with Crippen molar-refractivity contribution in [1.82, 2.24) is 0 Å². The van der Waals surface area contributed by atoms with E-state index in [9.17, 15) is 31.7 Å². The van der Waals surface area contributed by atoms with E-state index in [4.69, 9.17) is 0 Å². The molecular formula is C17H17F3N2O4S2. The van der Waals surface area contributed by atoms with Gasteiger partial charge in [-0.05, 0) is 37.0 Å². The summed E-state index contributed by atoms with van der Waals surface area (Å²) in [5.41, 5.74) is -0.726. The Bertz CT molecular complexity index is 1000. The quantitative estimate of drug-likeness (QED) is 0.510. The monoisotopic (exact) mass is 434 g/mol. The van der Waals surface area contributed by atoms with Crippen molar-refractivity contribution in [1.29, 1.82) is 0 Å². The number of benzene rings is 1. The van der Waals surface area contributed by atoms with E-state index >= 15 is 0 Å². The van der Waals surface area contributed by atoms with Crippen LogP contribution in [0.4, 0.5) is 23.9 Å². The van der Waals surface area contributed by atoms with Crippen molar-refractivity contribution in [2.24, 2.45) is 0 Å². The molecule has 0 aliphatic carbocycles. The first-order chi connectivity index (χ1) is 13.0. The smallest absolute Gasteiger partial charge is 0.351 e. The van der Waals surface area contributed by atoms with Gasteiger partial charge in [-0.25, -0.2) is 8.42 Å². The van der Waals surface area contributed by atoms with E-state index in [0.29, 0.717) is 24.9 Å². The molecule has 6 nitrogen and oxygen atoms in total. The molecule has 1 saturated heterocycles. The Morgan fingerprint density at radius 1 is 1.25 bits per heavy atom. The molecule has 1 aliphatic rings. The maximum atomic E-state index is 13.1. The van der Waals surface area contributed by atoms with Crippen molar-refractivity contribution < 1.29 is 26.5 Å². The molecule has 1 fully saturated rings. The molecule has 28 heavy (non-hydrogen) atoms. The molecule has 0 amide bonds. The fourth-order valence-corrected chi connectivity index (χ4v) is 5.42. The fraction of sp³-hybridized carbons (Fsp3) is 0.412. The third kappa shape index (κ3) is 4.14. The summed E-state index contributed by atoms with van der Waals surface area (Å²) in [6.45, 7) is 0.394. The standard InChI is InChI=1S/C17H17F3N2O4S2/c1-28(25,26)15-10-14(22(23)24)16(27-15)21-8-3-2-7-13(21)11-5-4-6-12(9-11)17(18,19)20/h4-6,9-10,13H,2-3,7-8H2,1H3. The minimum absolute atomic E-state index is 0.137.